The molecular weight excluding hydrogens is 288 g/mol. The largest absolute Gasteiger partial charge is 0.384 e. The van der Waals surface area contributed by atoms with Gasteiger partial charge >= 0.3 is 0 Å². The zero-order valence-electron chi connectivity index (χ0n) is 13.0. The third-order valence-corrected chi connectivity index (χ3v) is 3.39. The molecule has 0 bridgehead atoms. The molecule has 2 atom stereocenters. The molecule has 23 heavy (non-hydrogen) atoms. The van der Waals surface area contributed by atoms with Crippen LogP contribution < -0.4 is 0 Å². The molecule has 0 aromatic carbocycles. The average Bonchev–Trinajstić information content (AvgIpc) is 2.56. The molecule has 0 aromatic heterocycles. The fraction of sp³-hybridized carbons (Fsp3) is 0.263. The molecular formula is C19H22N2O2. The molecule has 2 N–H and O–H groups in total. The maximum atomic E-state index is 9.68. The Morgan fingerprint density at radius 3 is 1.70 bits per heavy atom. The molecule has 0 spiro atoms. The van der Waals surface area contributed by atoms with Crippen LogP contribution in [0, 0.1) is 0 Å². The lowest BCUT2D eigenvalue weighted by Gasteiger charge is -2.08. The summed E-state index contributed by atoms with van der Waals surface area (Å²) in [5.74, 6) is 0. The van der Waals surface area contributed by atoms with E-state index in [0.717, 1.165) is 17.6 Å². The van der Waals surface area contributed by atoms with Gasteiger partial charge in [0.25, 0.3) is 0 Å². The van der Waals surface area contributed by atoms with Crippen molar-refractivity contribution in [1.29, 1.82) is 0 Å². The first-order valence-electron chi connectivity index (χ1n) is 7.73. The molecule has 2 aliphatic carbocycles. The van der Waals surface area contributed by atoms with E-state index in [4.69, 9.17) is 0 Å². The summed E-state index contributed by atoms with van der Waals surface area (Å²) in [4.78, 5) is 8.56. The van der Waals surface area contributed by atoms with Crippen molar-refractivity contribution in [2.45, 2.75) is 18.6 Å². The van der Waals surface area contributed by atoms with E-state index < -0.39 is 12.2 Å². The van der Waals surface area contributed by atoms with Crippen molar-refractivity contribution in [3.8, 4) is 0 Å². The molecule has 0 heterocycles. The van der Waals surface area contributed by atoms with Crippen molar-refractivity contribution in [2.75, 3.05) is 13.1 Å². The van der Waals surface area contributed by atoms with Crippen LogP contribution in [-0.4, -0.2) is 47.9 Å². The summed E-state index contributed by atoms with van der Waals surface area (Å²) >= 11 is 0. The Balaban J connectivity index is 1.64. The number of allylic oxidation sites excluding steroid dienone is 6. The highest BCUT2D eigenvalue weighted by atomic mass is 16.3. The van der Waals surface area contributed by atoms with Gasteiger partial charge in [-0.2, -0.15) is 0 Å². The van der Waals surface area contributed by atoms with E-state index in [2.05, 4.69) is 9.98 Å². The molecule has 4 heteroatoms. The summed E-state index contributed by atoms with van der Waals surface area (Å²) in [5.41, 5.74) is 1.68. The van der Waals surface area contributed by atoms with Crippen LogP contribution in [0.25, 0.3) is 0 Å². The first-order chi connectivity index (χ1) is 11.3. The second-order valence-corrected chi connectivity index (χ2v) is 5.18. The summed E-state index contributed by atoms with van der Waals surface area (Å²) in [5, 5.41) is 19.4. The number of hydrogen-bond donors (Lipinski definition) is 2. The molecule has 2 unspecified atom stereocenters. The fourth-order valence-corrected chi connectivity index (χ4v) is 2.08. The Labute approximate surface area is 137 Å². The Kier molecular flexibility index (Phi) is 7.17. The molecule has 0 saturated heterocycles. The third-order valence-electron chi connectivity index (χ3n) is 3.39. The molecule has 0 saturated carbocycles. The highest BCUT2D eigenvalue weighted by molar-refractivity contribution is 5.74. The van der Waals surface area contributed by atoms with E-state index >= 15 is 0 Å². The van der Waals surface area contributed by atoms with E-state index in [0.29, 0.717) is 13.1 Å². The molecule has 120 valence electrons. The molecule has 0 aliphatic heterocycles. The van der Waals surface area contributed by atoms with Gasteiger partial charge < -0.3 is 10.2 Å². The molecule has 4 nitrogen and oxygen atoms in total. The van der Waals surface area contributed by atoms with E-state index in [-0.39, 0.29) is 0 Å². The van der Waals surface area contributed by atoms with Gasteiger partial charge in [-0.1, -0.05) is 48.6 Å². The third kappa shape index (κ3) is 6.14. The SMILES string of the molecule is OC1C=CC=CC1=CC=NCCCN=CC=C1C=CC=CC1O. The zero-order valence-corrected chi connectivity index (χ0v) is 13.0. The Hall–Kier alpha value is -2.30. The monoisotopic (exact) mass is 310 g/mol. The van der Waals surface area contributed by atoms with Crippen molar-refractivity contribution in [3.63, 3.8) is 0 Å². The van der Waals surface area contributed by atoms with Crippen LogP contribution in [0.4, 0.5) is 0 Å². The molecule has 0 radical (unpaired) electrons. The van der Waals surface area contributed by atoms with Crippen LogP contribution in [0.1, 0.15) is 6.42 Å². The maximum Gasteiger partial charge on any atom is 0.0975 e. The first kappa shape index (κ1) is 17.1. The second-order valence-electron chi connectivity index (χ2n) is 5.18. The van der Waals surface area contributed by atoms with Gasteiger partial charge in [-0.3, -0.25) is 9.98 Å². The Morgan fingerprint density at radius 1 is 0.783 bits per heavy atom. The summed E-state index contributed by atoms with van der Waals surface area (Å²) in [6.45, 7) is 1.39. The van der Waals surface area contributed by atoms with Gasteiger partial charge in [0, 0.05) is 25.5 Å². The van der Waals surface area contributed by atoms with Crippen LogP contribution in [-0.2, 0) is 0 Å². The van der Waals surface area contributed by atoms with Crippen LogP contribution in [0.2, 0.25) is 0 Å². The minimum absolute atomic E-state index is 0.539. The molecule has 0 fully saturated rings. The standard InChI is InChI=1S/C19H22N2O2/c22-18-8-3-1-6-16(18)10-14-20-12-5-13-21-15-11-17-7-2-4-9-19(17)23/h1-4,6-11,14-15,18-19,22-23H,5,12-13H2. The van der Waals surface area contributed by atoms with E-state index in [1.165, 1.54) is 0 Å². The molecule has 2 rings (SSSR count). The van der Waals surface area contributed by atoms with Gasteiger partial charge in [0.1, 0.15) is 0 Å². The van der Waals surface area contributed by atoms with Crippen molar-refractivity contribution in [1.82, 2.24) is 0 Å². The van der Waals surface area contributed by atoms with Crippen molar-refractivity contribution < 1.29 is 10.2 Å². The van der Waals surface area contributed by atoms with Crippen LogP contribution in [0.5, 0.6) is 0 Å². The number of nitrogens with zero attached hydrogens (tertiary/aromatic N) is 2. The lowest BCUT2D eigenvalue weighted by atomic mass is 10.1. The molecule has 2 aliphatic rings. The number of hydrogen-bond acceptors (Lipinski definition) is 4. The number of aliphatic hydroxyl groups excluding tert-OH is 2. The molecule has 0 amide bonds. The minimum atomic E-state index is -0.539. The van der Waals surface area contributed by atoms with Crippen LogP contribution in [0.3, 0.4) is 0 Å². The van der Waals surface area contributed by atoms with E-state index in [1.807, 2.05) is 48.6 Å². The van der Waals surface area contributed by atoms with Gasteiger partial charge in [0.15, 0.2) is 0 Å². The predicted octanol–water partition coefficient (Wildman–Crippen LogP) is 2.34. The summed E-state index contributed by atoms with van der Waals surface area (Å²) in [6, 6.07) is 0. The summed E-state index contributed by atoms with van der Waals surface area (Å²) < 4.78 is 0. The summed E-state index contributed by atoms with van der Waals surface area (Å²) in [6.07, 6.45) is 21.5. The van der Waals surface area contributed by atoms with Crippen molar-refractivity contribution in [3.05, 3.63) is 71.9 Å². The predicted molar refractivity (Wildman–Crippen MR) is 96.1 cm³/mol. The maximum absolute atomic E-state index is 9.68. The Morgan fingerprint density at radius 2 is 1.26 bits per heavy atom. The Bertz CT molecular complexity index is 565. The molecule has 0 aromatic rings. The quantitative estimate of drug-likeness (QED) is 0.584. The van der Waals surface area contributed by atoms with E-state index in [1.54, 1.807) is 24.6 Å². The first-order valence-corrected chi connectivity index (χ1v) is 7.73. The van der Waals surface area contributed by atoms with Crippen LogP contribution >= 0.6 is 0 Å². The highest BCUT2D eigenvalue weighted by Crippen LogP contribution is 2.10. The second kappa shape index (κ2) is 9.66. The van der Waals surface area contributed by atoms with Gasteiger partial charge in [0.2, 0.25) is 0 Å². The smallest absolute Gasteiger partial charge is 0.0975 e. The van der Waals surface area contributed by atoms with Gasteiger partial charge in [-0.05, 0) is 29.7 Å². The van der Waals surface area contributed by atoms with Crippen molar-refractivity contribution in [2.24, 2.45) is 9.98 Å². The number of aliphatic hydroxyl groups is 2. The van der Waals surface area contributed by atoms with Gasteiger partial charge in [-0.15, -0.1) is 0 Å². The average molecular weight is 310 g/mol. The normalized spacial score (nSPS) is 27.2. The van der Waals surface area contributed by atoms with Gasteiger partial charge in [0.05, 0.1) is 12.2 Å². The van der Waals surface area contributed by atoms with Crippen molar-refractivity contribution >= 4 is 12.4 Å². The van der Waals surface area contributed by atoms with E-state index in [9.17, 15) is 10.2 Å². The lowest BCUT2D eigenvalue weighted by Crippen LogP contribution is -2.07. The van der Waals surface area contributed by atoms with Crippen LogP contribution in [0.15, 0.2) is 81.9 Å². The lowest BCUT2D eigenvalue weighted by molar-refractivity contribution is 0.262. The zero-order chi connectivity index (χ0) is 16.3. The fourth-order valence-electron chi connectivity index (χ4n) is 2.08. The number of rotatable bonds is 6. The van der Waals surface area contributed by atoms with Gasteiger partial charge in [-0.25, -0.2) is 0 Å². The highest BCUT2D eigenvalue weighted by Gasteiger charge is 2.05. The topological polar surface area (TPSA) is 65.2 Å². The summed E-state index contributed by atoms with van der Waals surface area (Å²) in [7, 11) is 0. The number of aliphatic imine (C=N–C) groups is 2. The minimum Gasteiger partial charge on any atom is -0.384 e.